The van der Waals surface area contributed by atoms with Crippen LogP contribution in [0, 0.1) is 0 Å². The van der Waals surface area contributed by atoms with E-state index in [1.807, 2.05) is 25.4 Å². The average Bonchev–Trinajstić information content (AvgIpc) is 2.94. The van der Waals surface area contributed by atoms with Gasteiger partial charge in [-0.1, -0.05) is 6.07 Å². The Morgan fingerprint density at radius 3 is 3.12 bits per heavy atom. The Balaban J connectivity index is 1.92. The summed E-state index contributed by atoms with van der Waals surface area (Å²) in [6.07, 6.45) is 5.05. The molecule has 0 aliphatic heterocycles. The summed E-state index contributed by atoms with van der Waals surface area (Å²) < 4.78 is 1.72. The molecule has 2 unspecified atom stereocenters. The number of aliphatic hydroxyl groups excluding tert-OH is 1. The molecule has 4 heteroatoms. The summed E-state index contributed by atoms with van der Waals surface area (Å²) in [4.78, 5) is 4.40. The summed E-state index contributed by atoms with van der Waals surface area (Å²) in [5.74, 6) is 0.0844. The summed E-state index contributed by atoms with van der Waals surface area (Å²) >= 11 is 0. The molecule has 88 valence electrons. The minimum absolute atomic E-state index is 0.0844. The normalized spacial score (nSPS) is 20.2. The van der Waals surface area contributed by atoms with Gasteiger partial charge in [0.25, 0.3) is 0 Å². The molecule has 3 rings (SSSR count). The third kappa shape index (κ3) is 1.74. The van der Waals surface area contributed by atoms with E-state index in [-0.39, 0.29) is 5.92 Å². The molecule has 4 nitrogen and oxygen atoms in total. The van der Waals surface area contributed by atoms with Crippen molar-refractivity contribution in [1.82, 2.24) is 14.8 Å². The molecule has 2 atom stereocenters. The van der Waals surface area contributed by atoms with Crippen LogP contribution in [0.4, 0.5) is 0 Å². The van der Waals surface area contributed by atoms with E-state index in [1.165, 1.54) is 5.56 Å². The summed E-state index contributed by atoms with van der Waals surface area (Å²) in [6.45, 7) is 0. The first-order valence-corrected chi connectivity index (χ1v) is 5.87. The van der Waals surface area contributed by atoms with Crippen molar-refractivity contribution in [2.75, 3.05) is 0 Å². The van der Waals surface area contributed by atoms with Crippen LogP contribution in [0.3, 0.4) is 0 Å². The number of aryl methyl sites for hydroxylation is 2. The Kier molecular flexibility index (Phi) is 2.44. The monoisotopic (exact) mass is 229 g/mol. The van der Waals surface area contributed by atoms with Gasteiger partial charge in [0.1, 0.15) is 6.10 Å². The van der Waals surface area contributed by atoms with E-state index in [2.05, 4.69) is 16.1 Å². The molecule has 0 saturated heterocycles. The van der Waals surface area contributed by atoms with Gasteiger partial charge in [-0.3, -0.25) is 9.67 Å². The molecule has 1 N–H and O–H groups in total. The van der Waals surface area contributed by atoms with Gasteiger partial charge in [-0.2, -0.15) is 5.10 Å². The Labute approximate surface area is 99.9 Å². The highest BCUT2D eigenvalue weighted by atomic mass is 16.3. The van der Waals surface area contributed by atoms with Gasteiger partial charge in [0.15, 0.2) is 0 Å². The topological polar surface area (TPSA) is 50.9 Å². The van der Waals surface area contributed by atoms with Crippen LogP contribution in [0.25, 0.3) is 0 Å². The predicted molar refractivity (Wildman–Crippen MR) is 63.5 cm³/mol. The zero-order valence-corrected chi connectivity index (χ0v) is 9.74. The molecule has 0 radical (unpaired) electrons. The molecule has 0 saturated carbocycles. The lowest BCUT2D eigenvalue weighted by Gasteiger charge is -2.16. The second kappa shape index (κ2) is 3.96. The van der Waals surface area contributed by atoms with E-state index in [0.717, 1.165) is 24.2 Å². The third-order valence-electron chi connectivity index (χ3n) is 3.42. The summed E-state index contributed by atoms with van der Waals surface area (Å²) in [5, 5.41) is 14.6. The standard InChI is InChI=1S/C13H15N3O/c1-16-8-6-11(15-16)13(17)10-5-4-9-3-2-7-14-12(9)10/h2-3,6-8,10,13,17H,4-5H2,1H3. The van der Waals surface area contributed by atoms with Crippen molar-refractivity contribution < 1.29 is 5.11 Å². The highest BCUT2D eigenvalue weighted by Gasteiger charge is 2.31. The number of pyridine rings is 1. The summed E-state index contributed by atoms with van der Waals surface area (Å²) in [6, 6.07) is 5.91. The molecule has 2 aromatic rings. The summed E-state index contributed by atoms with van der Waals surface area (Å²) in [5.41, 5.74) is 3.02. The fourth-order valence-electron chi connectivity index (χ4n) is 2.55. The minimum atomic E-state index is -0.549. The van der Waals surface area contributed by atoms with Crippen LogP contribution >= 0.6 is 0 Å². The van der Waals surface area contributed by atoms with Crippen molar-refractivity contribution in [3.05, 3.63) is 47.5 Å². The number of hydrogen-bond donors (Lipinski definition) is 1. The largest absolute Gasteiger partial charge is 0.386 e. The van der Waals surface area contributed by atoms with E-state index in [1.54, 1.807) is 10.9 Å². The van der Waals surface area contributed by atoms with E-state index in [9.17, 15) is 5.11 Å². The van der Waals surface area contributed by atoms with Gasteiger partial charge in [0, 0.05) is 31.1 Å². The minimum Gasteiger partial charge on any atom is -0.386 e. The number of aliphatic hydroxyl groups is 1. The fourth-order valence-corrected chi connectivity index (χ4v) is 2.55. The second-order valence-electron chi connectivity index (χ2n) is 4.55. The van der Waals surface area contributed by atoms with Crippen LogP contribution in [0.5, 0.6) is 0 Å². The Hall–Kier alpha value is -1.68. The zero-order chi connectivity index (χ0) is 11.8. The SMILES string of the molecule is Cn1ccc(C(O)C2CCc3cccnc32)n1. The van der Waals surface area contributed by atoms with Crippen LogP contribution in [0.1, 0.15) is 35.4 Å². The molecule has 2 aromatic heterocycles. The van der Waals surface area contributed by atoms with Crippen LogP contribution in [0.15, 0.2) is 30.6 Å². The van der Waals surface area contributed by atoms with Gasteiger partial charge in [-0.25, -0.2) is 0 Å². The number of fused-ring (bicyclic) bond motifs is 1. The maximum absolute atomic E-state index is 10.4. The number of nitrogens with zero attached hydrogens (tertiary/aromatic N) is 3. The van der Waals surface area contributed by atoms with Crippen molar-refractivity contribution in [3.8, 4) is 0 Å². The lowest BCUT2D eigenvalue weighted by atomic mass is 9.97. The number of rotatable bonds is 2. The van der Waals surface area contributed by atoms with Gasteiger partial charge < -0.3 is 5.11 Å². The molecule has 0 bridgehead atoms. The smallest absolute Gasteiger partial charge is 0.106 e. The average molecular weight is 229 g/mol. The van der Waals surface area contributed by atoms with E-state index in [4.69, 9.17) is 0 Å². The molecule has 1 aliphatic carbocycles. The second-order valence-corrected chi connectivity index (χ2v) is 4.55. The Bertz CT molecular complexity index is 535. The van der Waals surface area contributed by atoms with E-state index in [0.29, 0.717) is 0 Å². The van der Waals surface area contributed by atoms with Gasteiger partial charge in [0.2, 0.25) is 0 Å². The van der Waals surface area contributed by atoms with Crippen molar-refractivity contribution in [3.63, 3.8) is 0 Å². The van der Waals surface area contributed by atoms with Gasteiger partial charge in [-0.15, -0.1) is 0 Å². The maximum Gasteiger partial charge on any atom is 0.106 e. The molecule has 0 spiro atoms. The molecule has 2 heterocycles. The van der Waals surface area contributed by atoms with E-state index < -0.39 is 6.10 Å². The van der Waals surface area contributed by atoms with E-state index >= 15 is 0 Å². The third-order valence-corrected chi connectivity index (χ3v) is 3.42. The van der Waals surface area contributed by atoms with Crippen LogP contribution in [-0.2, 0) is 13.5 Å². The van der Waals surface area contributed by atoms with Crippen LogP contribution in [0.2, 0.25) is 0 Å². The molecule has 0 amide bonds. The quantitative estimate of drug-likeness (QED) is 0.850. The Morgan fingerprint density at radius 1 is 1.47 bits per heavy atom. The highest BCUT2D eigenvalue weighted by Crippen LogP contribution is 2.39. The highest BCUT2D eigenvalue weighted by molar-refractivity contribution is 5.30. The van der Waals surface area contributed by atoms with Gasteiger partial charge in [0.05, 0.1) is 5.69 Å². The fraction of sp³-hybridized carbons (Fsp3) is 0.385. The van der Waals surface area contributed by atoms with Crippen LogP contribution in [-0.4, -0.2) is 19.9 Å². The van der Waals surface area contributed by atoms with Crippen LogP contribution < -0.4 is 0 Å². The first kappa shape index (κ1) is 10.5. The molecular formula is C13H15N3O. The number of hydrogen-bond acceptors (Lipinski definition) is 3. The first-order chi connectivity index (χ1) is 8.25. The van der Waals surface area contributed by atoms with Gasteiger partial charge >= 0.3 is 0 Å². The van der Waals surface area contributed by atoms with Crippen molar-refractivity contribution in [2.45, 2.75) is 24.9 Å². The lowest BCUT2D eigenvalue weighted by molar-refractivity contribution is 0.138. The van der Waals surface area contributed by atoms with Crippen molar-refractivity contribution >= 4 is 0 Å². The molecule has 0 fully saturated rings. The lowest BCUT2D eigenvalue weighted by Crippen LogP contribution is -2.10. The van der Waals surface area contributed by atoms with Crippen molar-refractivity contribution in [1.29, 1.82) is 0 Å². The predicted octanol–water partition coefficient (Wildman–Crippen LogP) is 1.58. The number of aromatic nitrogens is 3. The molecular weight excluding hydrogens is 214 g/mol. The molecule has 0 aromatic carbocycles. The molecule has 17 heavy (non-hydrogen) atoms. The first-order valence-electron chi connectivity index (χ1n) is 5.87. The van der Waals surface area contributed by atoms with Crippen molar-refractivity contribution in [2.24, 2.45) is 7.05 Å². The maximum atomic E-state index is 10.4. The summed E-state index contributed by atoms with van der Waals surface area (Å²) in [7, 11) is 1.86. The molecule has 1 aliphatic rings. The Morgan fingerprint density at radius 2 is 2.35 bits per heavy atom. The zero-order valence-electron chi connectivity index (χ0n) is 9.74. The van der Waals surface area contributed by atoms with Gasteiger partial charge in [-0.05, 0) is 30.5 Å².